The summed E-state index contributed by atoms with van der Waals surface area (Å²) < 4.78 is 12.5. The summed E-state index contributed by atoms with van der Waals surface area (Å²) >= 11 is 0. The topological polar surface area (TPSA) is 38.7 Å². The van der Waals surface area contributed by atoms with Gasteiger partial charge in [0.05, 0.1) is 6.10 Å². The molecule has 1 aromatic carbocycles. The Morgan fingerprint density at radius 3 is 2.47 bits per heavy atom. The van der Waals surface area contributed by atoms with E-state index in [-0.39, 0.29) is 18.8 Å². The van der Waals surface area contributed by atoms with Crippen LogP contribution in [0.1, 0.15) is 50.2 Å². The molecule has 19 heavy (non-hydrogen) atoms. The SMILES string of the molecule is OCC[C@H]1OC2(CCCCC2)O[C@@H]1c1ccccc1. The molecule has 1 spiro atoms. The quantitative estimate of drug-likeness (QED) is 0.909. The van der Waals surface area contributed by atoms with E-state index in [1.807, 2.05) is 18.2 Å². The number of aliphatic hydroxyl groups is 1. The molecule has 1 N–H and O–H groups in total. The van der Waals surface area contributed by atoms with Gasteiger partial charge in [-0.1, -0.05) is 36.8 Å². The highest BCUT2D eigenvalue weighted by Gasteiger charge is 2.47. The number of hydrogen-bond donors (Lipinski definition) is 1. The summed E-state index contributed by atoms with van der Waals surface area (Å²) in [5.74, 6) is -0.390. The molecule has 0 amide bonds. The van der Waals surface area contributed by atoms with Crippen molar-refractivity contribution in [2.24, 2.45) is 0 Å². The van der Waals surface area contributed by atoms with E-state index >= 15 is 0 Å². The molecule has 2 fully saturated rings. The van der Waals surface area contributed by atoms with Gasteiger partial charge in [0.1, 0.15) is 6.10 Å². The maximum absolute atomic E-state index is 9.24. The zero-order valence-electron chi connectivity index (χ0n) is 11.3. The lowest BCUT2D eigenvalue weighted by atomic mass is 9.94. The van der Waals surface area contributed by atoms with Crippen molar-refractivity contribution in [2.75, 3.05) is 6.61 Å². The summed E-state index contributed by atoms with van der Waals surface area (Å²) in [6.07, 6.45) is 6.17. The highest BCUT2D eigenvalue weighted by molar-refractivity contribution is 5.20. The molecular weight excluding hydrogens is 240 g/mol. The minimum Gasteiger partial charge on any atom is -0.396 e. The van der Waals surface area contributed by atoms with Gasteiger partial charge in [0.2, 0.25) is 0 Å². The van der Waals surface area contributed by atoms with Crippen LogP contribution in [0.2, 0.25) is 0 Å². The largest absolute Gasteiger partial charge is 0.396 e. The number of rotatable bonds is 3. The van der Waals surface area contributed by atoms with Crippen LogP contribution < -0.4 is 0 Å². The fraction of sp³-hybridized carbons (Fsp3) is 0.625. The summed E-state index contributed by atoms with van der Waals surface area (Å²) in [7, 11) is 0. The predicted octanol–water partition coefficient (Wildman–Crippen LogP) is 3.19. The Hall–Kier alpha value is -0.900. The lowest BCUT2D eigenvalue weighted by molar-refractivity contribution is -0.195. The summed E-state index contributed by atoms with van der Waals surface area (Å²) in [5.41, 5.74) is 1.16. The van der Waals surface area contributed by atoms with Crippen LogP contribution in [-0.4, -0.2) is 23.6 Å². The average Bonchev–Trinajstić information content (AvgIpc) is 2.79. The highest BCUT2D eigenvalue weighted by Crippen LogP contribution is 2.46. The predicted molar refractivity (Wildman–Crippen MR) is 72.7 cm³/mol. The fourth-order valence-corrected chi connectivity index (χ4v) is 3.26. The molecule has 2 aliphatic rings. The molecule has 1 aromatic rings. The normalized spacial score (nSPS) is 29.7. The molecular formula is C16H22O3. The Labute approximate surface area is 114 Å². The summed E-state index contributed by atoms with van der Waals surface area (Å²) in [6, 6.07) is 10.2. The third kappa shape index (κ3) is 2.69. The second-order valence-electron chi connectivity index (χ2n) is 5.59. The molecule has 1 aliphatic carbocycles. The van der Waals surface area contributed by atoms with Gasteiger partial charge in [-0.25, -0.2) is 0 Å². The van der Waals surface area contributed by atoms with Crippen LogP contribution >= 0.6 is 0 Å². The lowest BCUT2D eigenvalue weighted by Gasteiger charge is -2.32. The van der Waals surface area contributed by atoms with E-state index in [2.05, 4.69) is 12.1 Å². The molecule has 1 aliphatic heterocycles. The first-order valence-electron chi connectivity index (χ1n) is 7.34. The first kappa shape index (κ1) is 13.1. The maximum Gasteiger partial charge on any atom is 0.169 e. The zero-order valence-corrected chi connectivity index (χ0v) is 11.3. The van der Waals surface area contributed by atoms with Crippen LogP contribution in [0, 0.1) is 0 Å². The molecule has 104 valence electrons. The highest BCUT2D eigenvalue weighted by atomic mass is 16.8. The first-order chi connectivity index (χ1) is 9.33. The summed E-state index contributed by atoms with van der Waals surface area (Å²) in [6.45, 7) is 0.146. The summed E-state index contributed by atoms with van der Waals surface area (Å²) in [5, 5.41) is 9.24. The van der Waals surface area contributed by atoms with E-state index < -0.39 is 5.79 Å². The van der Waals surface area contributed by atoms with Crippen LogP contribution in [-0.2, 0) is 9.47 Å². The van der Waals surface area contributed by atoms with Crippen molar-refractivity contribution >= 4 is 0 Å². The number of benzene rings is 1. The Bertz CT molecular complexity index is 398. The Kier molecular flexibility index (Phi) is 3.87. The lowest BCUT2D eigenvalue weighted by Crippen LogP contribution is -2.33. The first-order valence-corrected chi connectivity index (χ1v) is 7.34. The second kappa shape index (κ2) is 5.61. The van der Waals surface area contributed by atoms with Gasteiger partial charge in [0.25, 0.3) is 0 Å². The van der Waals surface area contributed by atoms with Crippen molar-refractivity contribution in [1.29, 1.82) is 0 Å². The monoisotopic (exact) mass is 262 g/mol. The van der Waals surface area contributed by atoms with Crippen molar-refractivity contribution in [2.45, 2.75) is 56.5 Å². The van der Waals surface area contributed by atoms with E-state index in [1.165, 1.54) is 19.3 Å². The van der Waals surface area contributed by atoms with Crippen molar-refractivity contribution in [3.05, 3.63) is 35.9 Å². The molecule has 2 atom stereocenters. The molecule has 1 saturated heterocycles. The Morgan fingerprint density at radius 2 is 1.79 bits per heavy atom. The Morgan fingerprint density at radius 1 is 1.05 bits per heavy atom. The second-order valence-corrected chi connectivity index (χ2v) is 5.59. The molecule has 1 heterocycles. The molecule has 0 radical (unpaired) electrons. The zero-order chi connectivity index (χ0) is 13.1. The van der Waals surface area contributed by atoms with Gasteiger partial charge in [-0.2, -0.15) is 0 Å². The smallest absolute Gasteiger partial charge is 0.169 e. The van der Waals surface area contributed by atoms with Crippen LogP contribution in [0.5, 0.6) is 0 Å². The third-order valence-electron chi connectivity index (χ3n) is 4.20. The van der Waals surface area contributed by atoms with Crippen LogP contribution in [0.15, 0.2) is 30.3 Å². The molecule has 1 saturated carbocycles. The van der Waals surface area contributed by atoms with E-state index in [0.29, 0.717) is 6.42 Å². The Balaban J connectivity index is 1.81. The van der Waals surface area contributed by atoms with Crippen molar-refractivity contribution in [3.8, 4) is 0 Å². The molecule has 3 heteroatoms. The van der Waals surface area contributed by atoms with Gasteiger partial charge in [-0.05, 0) is 24.8 Å². The number of ether oxygens (including phenoxy) is 2. The molecule has 3 rings (SSSR count). The van der Waals surface area contributed by atoms with Crippen molar-refractivity contribution in [3.63, 3.8) is 0 Å². The molecule has 0 unspecified atom stereocenters. The standard InChI is InChI=1S/C16H22O3/c17-12-9-14-15(13-7-3-1-4-8-13)19-16(18-14)10-5-2-6-11-16/h1,3-4,7-8,14-15,17H,2,5-6,9-12H2/t14-,15-/m1/s1. The maximum atomic E-state index is 9.24. The van der Waals surface area contributed by atoms with Crippen molar-refractivity contribution in [1.82, 2.24) is 0 Å². The van der Waals surface area contributed by atoms with Gasteiger partial charge in [-0.3, -0.25) is 0 Å². The number of hydrogen-bond acceptors (Lipinski definition) is 3. The van der Waals surface area contributed by atoms with E-state index in [9.17, 15) is 5.11 Å². The van der Waals surface area contributed by atoms with Gasteiger partial charge in [0.15, 0.2) is 5.79 Å². The number of aliphatic hydroxyl groups excluding tert-OH is 1. The van der Waals surface area contributed by atoms with Gasteiger partial charge >= 0.3 is 0 Å². The average molecular weight is 262 g/mol. The van der Waals surface area contributed by atoms with Crippen molar-refractivity contribution < 1.29 is 14.6 Å². The summed E-state index contributed by atoms with van der Waals surface area (Å²) in [4.78, 5) is 0. The van der Waals surface area contributed by atoms with E-state index in [0.717, 1.165) is 18.4 Å². The molecule has 0 aromatic heterocycles. The molecule has 3 nitrogen and oxygen atoms in total. The third-order valence-corrected chi connectivity index (χ3v) is 4.20. The minimum atomic E-state index is -0.390. The minimum absolute atomic E-state index is 0.0227. The molecule has 0 bridgehead atoms. The van der Waals surface area contributed by atoms with Gasteiger partial charge < -0.3 is 14.6 Å². The van der Waals surface area contributed by atoms with E-state index in [4.69, 9.17) is 9.47 Å². The van der Waals surface area contributed by atoms with Gasteiger partial charge in [0, 0.05) is 19.4 Å². The van der Waals surface area contributed by atoms with E-state index in [1.54, 1.807) is 0 Å². The van der Waals surface area contributed by atoms with Gasteiger partial charge in [-0.15, -0.1) is 0 Å². The van der Waals surface area contributed by atoms with Crippen LogP contribution in [0.25, 0.3) is 0 Å². The fourth-order valence-electron chi connectivity index (χ4n) is 3.26. The van der Waals surface area contributed by atoms with Crippen LogP contribution in [0.4, 0.5) is 0 Å². The van der Waals surface area contributed by atoms with Crippen LogP contribution in [0.3, 0.4) is 0 Å².